The number of alkyl halides is 1. The van der Waals surface area contributed by atoms with Crippen molar-refractivity contribution < 1.29 is 4.74 Å². The van der Waals surface area contributed by atoms with E-state index in [4.69, 9.17) is 4.74 Å². The number of ether oxygens (including phenoxy) is 1. The zero-order valence-corrected chi connectivity index (χ0v) is 10.3. The van der Waals surface area contributed by atoms with E-state index in [9.17, 15) is 0 Å². The van der Waals surface area contributed by atoms with Crippen LogP contribution in [0.4, 0.5) is 0 Å². The fourth-order valence-electron chi connectivity index (χ4n) is 1.34. The summed E-state index contributed by atoms with van der Waals surface area (Å²) in [6.07, 6.45) is 0. The van der Waals surface area contributed by atoms with Gasteiger partial charge in [-0.3, -0.25) is 0 Å². The zero-order valence-electron chi connectivity index (χ0n) is 8.74. The van der Waals surface area contributed by atoms with Gasteiger partial charge in [-0.25, -0.2) is 0 Å². The second-order valence-electron chi connectivity index (χ2n) is 3.41. The van der Waals surface area contributed by atoms with Gasteiger partial charge < -0.3 is 4.74 Å². The Balaban J connectivity index is 1.99. The predicted molar refractivity (Wildman–Crippen MR) is 67.5 cm³/mol. The fraction of sp³-hybridized carbons (Fsp3) is 0.143. The van der Waals surface area contributed by atoms with Crippen LogP contribution in [-0.2, 0) is 11.9 Å². The van der Waals surface area contributed by atoms with Crippen molar-refractivity contribution in [3.8, 4) is 5.75 Å². The van der Waals surface area contributed by atoms with E-state index >= 15 is 0 Å². The predicted octanol–water partition coefficient (Wildman–Crippen LogP) is 3.76. The van der Waals surface area contributed by atoms with E-state index in [1.54, 1.807) is 0 Å². The Kier molecular flexibility index (Phi) is 3.85. The SMILES string of the molecule is BrCc1cc#cc(OCc2ccccc2)c1. The van der Waals surface area contributed by atoms with Crippen molar-refractivity contribution in [1.29, 1.82) is 0 Å². The molecule has 0 aliphatic rings. The molecule has 0 atom stereocenters. The lowest BCUT2D eigenvalue weighted by Gasteiger charge is -2.04. The third kappa shape index (κ3) is 3.01. The molecule has 0 aliphatic carbocycles. The molecular weight excluding hydrogens is 264 g/mol. The number of hydrogen-bond donors (Lipinski definition) is 0. The van der Waals surface area contributed by atoms with Crippen LogP contribution in [0.25, 0.3) is 0 Å². The minimum absolute atomic E-state index is 0.566. The summed E-state index contributed by atoms with van der Waals surface area (Å²) >= 11 is 3.40. The normalized spacial score (nSPS) is 9.56. The number of rotatable bonds is 4. The maximum atomic E-state index is 5.63. The van der Waals surface area contributed by atoms with Crippen LogP contribution >= 0.6 is 15.9 Å². The maximum Gasteiger partial charge on any atom is 0.171 e. The molecule has 2 rings (SSSR count). The summed E-state index contributed by atoms with van der Waals surface area (Å²) in [5.74, 6) is 0.737. The molecule has 0 heterocycles. The molecule has 0 spiro atoms. The summed E-state index contributed by atoms with van der Waals surface area (Å²) < 4.78 is 5.63. The lowest BCUT2D eigenvalue weighted by Crippen LogP contribution is -1.94. The Morgan fingerprint density at radius 2 is 1.94 bits per heavy atom. The van der Waals surface area contributed by atoms with Gasteiger partial charge in [0.25, 0.3) is 0 Å². The highest BCUT2D eigenvalue weighted by atomic mass is 79.9. The van der Waals surface area contributed by atoms with Crippen molar-refractivity contribution in [2.24, 2.45) is 0 Å². The van der Waals surface area contributed by atoms with Gasteiger partial charge in [0.05, 0.1) is 0 Å². The van der Waals surface area contributed by atoms with Crippen molar-refractivity contribution >= 4 is 15.9 Å². The molecule has 0 bridgehead atoms. The lowest BCUT2D eigenvalue weighted by molar-refractivity contribution is 0.306. The van der Waals surface area contributed by atoms with E-state index < -0.39 is 0 Å². The molecule has 2 aromatic carbocycles. The first-order valence-electron chi connectivity index (χ1n) is 5.03. The molecule has 0 saturated heterocycles. The molecule has 80 valence electrons. The van der Waals surface area contributed by atoms with Crippen molar-refractivity contribution in [2.75, 3.05) is 0 Å². The van der Waals surface area contributed by atoms with Crippen molar-refractivity contribution in [3.05, 3.63) is 65.7 Å². The molecule has 0 unspecified atom stereocenters. The van der Waals surface area contributed by atoms with Crippen LogP contribution in [-0.4, -0.2) is 0 Å². The highest BCUT2D eigenvalue weighted by Crippen LogP contribution is 2.13. The number of halogens is 1. The average Bonchev–Trinajstić information content (AvgIpc) is 2.38. The van der Waals surface area contributed by atoms with Crippen molar-refractivity contribution in [2.45, 2.75) is 11.9 Å². The van der Waals surface area contributed by atoms with Gasteiger partial charge in [-0.05, 0) is 29.3 Å². The summed E-state index contributed by atoms with van der Waals surface area (Å²) in [6, 6.07) is 19.8. The summed E-state index contributed by atoms with van der Waals surface area (Å²) in [4.78, 5) is 0. The Bertz CT molecular complexity index is 439. The summed E-state index contributed by atoms with van der Waals surface area (Å²) in [5, 5.41) is 0.805. The van der Waals surface area contributed by atoms with E-state index in [1.165, 1.54) is 0 Å². The van der Waals surface area contributed by atoms with Gasteiger partial charge in [0.15, 0.2) is 5.75 Å². The summed E-state index contributed by atoms with van der Waals surface area (Å²) in [5.41, 5.74) is 2.29. The maximum absolute atomic E-state index is 5.63. The zero-order chi connectivity index (χ0) is 11.2. The standard InChI is InChI=1S/C14H11BrO/c15-10-13-7-4-8-14(9-13)16-11-12-5-2-1-3-6-12/h1-3,5-7,9H,10-11H2. The van der Waals surface area contributed by atoms with Crippen molar-refractivity contribution in [3.63, 3.8) is 0 Å². The van der Waals surface area contributed by atoms with E-state index in [0.717, 1.165) is 22.2 Å². The second-order valence-corrected chi connectivity index (χ2v) is 3.97. The molecule has 0 aliphatic heterocycles. The Labute approximate surface area is 104 Å². The highest BCUT2D eigenvalue weighted by molar-refractivity contribution is 9.08. The first kappa shape index (κ1) is 11.0. The van der Waals surface area contributed by atoms with Crippen LogP contribution < -0.4 is 4.74 Å². The monoisotopic (exact) mass is 274 g/mol. The molecular formula is C14H11BrO. The second kappa shape index (κ2) is 5.58. The van der Waals surface area contributed by atoms with Gasteiger partial charge >= 0.3 is 0 Å². The molecule has 0 fully saturated rings. The minimum atomic E-state index is 0.566. The van der Waals surface area contributed by atoms with Gasteiger partial charge in [0.1, 0.15) is 6.61 Å². The molecule has 0 aromatic heterocycles. The molecule has 0 radical (unpaired) electrons. The van der Waals surface area contributed by atoms with Gasteiger partial charge in [-0.2, -0.15) is 0 Å². The van der Waals surface area contributed by atoms with Crippen LogP contribution in [0, 0.1) is 12.1 Å². The van der Waals surface area contributed by atoms with Crippen LogP contribution in [0.3, 0.4) is 0 Å². The topological polar surface area (TPSA) is 9.23 Å². The average molecular weight is 275 g/mol. The first-order valence-corrected chi connectivity index (χ1v) is 6.15. The van der Waals surface area contributed by atoms with E-state index in [2.05, 4.69) is 28.1 Å². The van der Waals surface area contributed by atoms with Gasteiger partial charge in [0.2, 0.25) is 0 Å². The molecule has 0 amide bonds. The lowest BCUT2D eigenvalue weighted by atomic mass is 10.2. The van der Waals surface area contributed by atoms with Crippen LogP contribution in [0.2, 0.25) is 0 Å². The van der Waals surface area contributed by atoms with Crippen LogP contribution in [0.1, 0.15) is 11.1 Å². The van der Waals surface area contributed by atoms with Crippen LogP contribution in [0.5, 0.6) is 5.75 Å². The summed E-state index contributed by atoms with van der Waals surface area (Å²) in [6.45, 7) is 0.566. The fourth-order valence-corrected chi connectivity index (χ4v) is 1.66. The third-order valence-electron chi connectivity index (χ3n) is 2.16. The molecule has 0 saturated carbocycles. The molecule has 2 heteroatoms. The Morgan fingerprint density at radius 3 is 2.69 bits per heavy atom. The molecule has 0 N–H and O–H groups in total. The van der Waals surface area contributed by atoms with E-state index in [0.29, 0.717) is 6.61 Å². The first-order chi connectivity index (χ1) is 7.88. The molecule has 16 heavy (non-hydrogen) atoms. The molecule has 2 aromatic rings. The Morgan fingerprint density at radius 1 is 1.12 bits per heavy atom. The smallest absolute Gasteiger partial charge is 0.171 e. The van der Waals surface area contributed by atoms with Gasteiger partial charge in [-0.1, -0.05) is 52.3 Å². The van der Waals surface area contributed by atoms with E-state index in [1.807, 2.05) is 42.5 Å². The third-order valence-corrected chi connectivity index (χ3v) is 2.81. The minimum Gasteiger partial charge on any atom is -0.481 e. The van der Waals surface area contributed by atoms with Crippen LogP contribution in [0.15, 0.2) is 42.5 Å². The number of benzene rings is 1. The van der Waals surface area contributed by atoms with Crippen molar-refractivity contribution in [1.82, 2.24) is 0 Å². The van der Waals surface area contributed by atoms with E-state index in [-0.39, 0.29) is 0 Å². The Hall–Kier alpha value is -1.46. The van der Waals surface area contributed by atoms with Gasteiger partial charge in [-0.15, -0.1) is 0 Å². The van der Waals surface area contributed by atoms with Gasteiger partial charge in [0, 0.05) is 5.33 Å². The number of hydrogen-bond acceptors (Lipinski definition) is 1. The highest BCUT2D eigenvalue weighted by Gasteiger charge is 1.96. The largest absolute Gasteiger partial charge is 0.481 e. The summed E-state index contributed by atoms with van der Waals surface area (Å²) in [7, 11) is 0. The molecule has 1 nitrogen and oxygen atoms in total. The quantitative estimate of drug-likeness (QED) is 0.772.